The molecule has 0 saturated carbocycles. The molecule has 0 aliphatic rings. The summed E-state index contributed by atoms with van der Waals surface area (Å²) in [4.78, 5) is 11.7. The van der Waals surface area contributed by atoms with Crippen molar-refractivity contribution in [1.82, 2.24) is 5.32 Å². The van der Waals surface area contributed by atoms with Crippen molar-refractivity contribution in [2.24, 2.45) is 5.92 Å². The van der Waals surface area contributed by atoms with E-state index in [2.05, 4.69) is 19.2 Å². The minimum absolute atomic E-state index is 0.0104. The molecule has 2 rings (SSSR count). The summed E-state index contributed by atoms with van der Waals surface area (Å²) in [6.07, 6.45) is 6.79. The SMILES string of the molecule is CCCCCC(C)CCc1cc(O)c(C(NC(C)=O)c2ccccc2)c(O)c1. The minimum Gasteiger partial charge on any atom is -0.507 e. The number of rotatable bonds is 10. The topological polar surface area (TPSA) is 69.6 Å². The van der Waals surface area contributed by atoms with Gasteiger partial charge >= 0.3 is 0 Å². The van der Waals surface area contributed by atoms with Gasteiger partial charge in [0.25, 0.3) is 0 Å². The van der Waals surface area contributed by atoms with Gasteiger partial charge < -0.3 is 15.5 Å². The second kappa shape index (κ2) is 10.7. The van der Waals surface area contributed by atoms with Gasteiger partial charge in [0, 0.05) is 6.92 Å². The van der Waals surface area contributed by atoms with Gasteiger partial charge in [0.2, 0.25) is 5.91 Å². The van der Waals surface area contributed by atoms with Crippen LogP contribution in [-0.4, -0.2) is 16.1 Å². The average molecular weight is 384 g/mol. The molecule has 2 aromatic carbocycles. The van der Waals surface area contributed by atoms with Gasteiger partial charge in [0.05, 0.1) is 11.6 Å². The highest BCUT2D eigenvalue weighted by molar-refractivity contribution is 5.74. The first-order chi connectivity index (χ1) is 13.4. The summed E-state index contributed by atoms with van der Waals surface area (Å²) in [5.74, 6) is 0.414. The van der Waals surface area contributed by atoms with Crippen LogP contribution in [0.1, 0.15) is 75.6 Å². The molecule has 3 N–H and O–H groups in total. The van der Waals surface area contributed by atoms with E-state index in [1.165, 1.54) is 32.6 Å². The molecule has 1 amide bonds. The zero-order chi connectivity index (χ0) is 20.5. The predicted octanol–water partition coefficient (Wildman–Crippen LogP) is 5.47. The van der Waals surface area contributed by atoms with E-state index in [-0.39, 0.29) is 17.4 Å². The maximum atomic E-state index is 11.7. The van der Waals surface area contributed by atoms with E-state index in [0.717, 1.165) is 24.0 Å². The minimum atomic E-state index is -0.597. The zero-order valence-electron chi connectivity index (χ0n) is 17.2. The van der Waals surface area contributed by atoms with E-state index in [1.54, 1.807) is 12.1 Å². The number of aromatic hydroxyl groups is 2. The molecular weight excluding hydrogens is 350 g/mol. The fraction of sp³-hybridized carbons (Fsp3) is 0.458. The Morgan fingerprint density at radius 1 is 1.04 bits per heavy atom. The lowest BCUT2D eigenvalue weighted by Crippen LogP contribution is -2.27. The van der Waals surface area contributed by atoms with Crippen molar-refractivity contribution in [2.45, 2.75) is 65.3 Å². The normalized spacial score (nSPS) is 13.1. The molecule has 2 aromatic rings. The van der Waals surface area contributed by atoms with Crippen LogP contribution >= 0.6 is 0 Å². The maximum absolute atomic E-state index is 11.7. The monoisotopic (exact) mass is 383 g/mol. The second-order valence-electron chi connectivity index (χ2n) is 7.73. The summed E-state index contributed by atoms with van der Waals surface area (Å²) in [6, 6.07) is 12.2. The van der Waals surface area contributed by atoms with Crippen LogP contribution in [-0.2, 0) is 11.2 Å². The van der Waals surface area contributed by atoms with Gasteiger partial charge in [-0.1, -0.05) is 69.9 Å². The Labute approximate surface area is 168 Å². The number of aryl methyl sites for hydroxylation is 1. The van der Waals surface area contributed by atoms with Gasteiger partial charge in [-0.05, 0) is 42.0 Å². The van der Waals surface area contributed by atoms with Crippen molar-refractivity contribution in [2.75, 3.05) is 0 Å². The van der Waals surface area contributed by atoms with Gasteiger partial charge in [-0.3, -0.25) is 4.79 Å². The maximum Gasteiger partial charge on any atom is 0.217 e. The third-order valence-electron chi connectivity index (χ3n) is 5.19. The Bertz CT molecular complexity index is 735. The standard InChI is InChI=1S/C24H33NO3/c1-4-5-7-10-17(2)13-14-19-15-21(27)23(22(28)16-19)24(25-18(3)26)20-11-8-6-9-12-20/h6,8-9,11-12,15-17,24,27-28H,4-5,7,10,13-14H2,1-3H3,(H,25,26). The number of carbonyl (C=O) groups is 1. The molecule has 2 unspecified atom stereocenters. The van der Waals surface area contributed by atoms with Crippen LogP contribution < -0.4 is 5.32 Å². The largest absolute Gasteiger partial charge is 0.507 e. The molecule has 0 radical (unpaired) electrons. The molecule has 0 heterocycles. The Morgan fingerprint density at radius 2 is 1.68 bits per heavy atom. The van der Waals surface area contributed by atoms with Gasteiger partial charge in [-0.2, -0.15) is 0 Å². The number of unbranched alkanes of at least 4 members (excludes halogenated alkanes) is 2. The van der Waals surface area contributed by atoms with Crippen molar-refractivity contribution in [1.29, 1.82) is 0 Å². The molecule has 0 saturated heterocycles. The van der Waals surface area contributed by atoms with Gasteiger partial charge in [-0.15, -0.1) is 0 Å². The molecular formula is C24H33NO3. The van der Waals surface area contributed by atoms with Crippen LogP contribution in [0, 0.1) is 5.92 Å². The van der Waals surface area contributed by atoms with Crippen LogP contribution in [0.15, 0.2) is 42.5 Å². The lowest BCUT2D eigenvalue weighted by Gasteiger charge is -2.22. The van der Waals surface area contributed by atoms with Gasteiger partial charge in [-0.25, -0.2) is 0 Å². The number of phenolic OH excluding ortho intramolecular Hbond substituents is 2. The number of hydrogen-bond donors (Lipinski definition) is 3. The van der Waals surface area contributed by atoms with Crippen molar-refractivity contribution >= 4 is 5.91 Å². The Kier molecular flexibility index (Phi) is 8.37. The molecule has 28 heavy (non-hydrogen) atoms. The smallest absolute Gasteiger partial charge is 0.217 e. The second-order valence-corrected chi connectivity index (χ2v) is 7.73. The lowest BCUT2D eigenvalue weighted by atomic mass is 9.92. The number of amides is 1. The van der Waals surface area contributed by atoms with Crippen LogP contribution in [0.4, 0.5) is 0 Å². The first-order valence-corrected chi connectivity index (χ1v) is 10.3. The van der Waals surface area contributed by atoms with Crippen molar-refractivity contribution in [3.8, 4) is 11.5 Å². The van der Waals surface area contributed by atoms with E-state index in [0.29, 0.717) is 11.5 Å². The van der Waals surface area contributed by atoms with Crippen molar-refractivity contribution in [3.63, 3.8) is 0 Å². The molecule has 0 bridgehead atoms. The molecule has 152 valence electrons. The summed E-state index contributed by atoms with van der Waals surface area (Å²) in [7, 11) is 0. The molecule has 0 aromatic heterocycles. The predicted molar refractivity (Wildman–Crippen MR) is 114 cm³/mol. The molecule has 2 atom stereocenters. The highest BCUT2D eigenvalue weighted by Crippen LogP contribution is 2.38. The van der Waals surface area contributed by atoms with Crippen molar-refractivity contribution < 1.29 is 15.0 Å². The molecule has 4 nitrogen and oxygen atoms in total. The first kappa shape index (κ1) is 21.8. The number of nitrogens with one attached hydrogen (secondary N) is 1. The Hall–Kier alpha value is -2.49. The van der Waals surface area contributed by atoms with E-state index >= 15 is 0 Å². The van der Waals surface area contributed by atoms with Crippen LogP contribution in [0.2, 0.25) is 0 Å². The lowest BCUT2D eigenvalue weighted by molar-refractivity contribution is -0.119. The molecule has 0 spiro atoms. The molecule has 0 fully saturated rings. The van der Waals surface area contributed by atoms with E-state index in [1.807, 2.05) is 30.3 Å². The van der Waals surface area contributed by atoms with Crippen LogP contribution in [0.3, 0.4) is 0 Å². The number of carbonyl (C=O) groups excluding carboxylic acids is 1. The zero-order valence-corrected chi connectivity index (χ0v) is 17.2. The van der Waals surface area contributed by atoms with E-state index in [4.69, 9.17) is 0 Å². The quantitative estimate of drug-likeness (QED) is 0.476. The molecule has 0 aliphatic carbocycles. The highest BCUT2D eigenvalue weighted by Gasteiger charge is 2.23. The van der Waals surface area contributed by atoms with E-state index < -0.39 is 6.04 Å². The third kappa shape index (κ3) is 6.29. The van der Waals surface area contributed by atoms with Crippen molar-refractivity contribution in [3.05, 3.63) is 59.2 Å². The average Bonchev–Trinajstić information content (AvgIpc) is 2.65. The molecule has 0 aliphatic heterocycles. The Balaban J connectivity index is 2.18. The summed E-state index contributed by atoms with van der Waals surface area (Å²) in [6.45, 7) is 5.89. The number of benzene rings is 2. The molecule has 4 heteroatoms. The third-order valence-corrected chi connectivity index (χ3v) is 5.19. The fourth-order valence-electron chi connectivity index (χ4n) is 3.59. The number of phenols is 2. The Morgan fingerprint density at radius 3 is 2.25 bits per heavy atom. The van der Waals surface area contributed by atoms with Crippen LogP contribution in [0.5, 0.6) is 11.5 Å². The summed E-state index contributed by atoms with van der Waals surface area (Å²) in [5, 5.41) is 24.1. The summed E-state index contributed by atoms with van der Waals surface area (Å²) in [5.41, 5.74) is 2.05. The van der Waals surface area contributed by atoms with E-state index in [9.17, 15) is 15.0 Å². The fourth-order valence-corrected chi connectivity index (χ4v) is 3.59. The van der Waals surface area contributed by atoms with Crippen LogP contribution in [0.25, 0.3) is 0 Å². The first-order valence-electron chi connectivity index (χ1n) is 10.3. The highest BCUT2D eigenvalue weighted by atomic mass is 16.3. The summed E-state index contributed by atoms with van der Waals surface area (Å²) < 4.78 is 0. The number of hydrogen-bond acceptors (Lipinski definition) is 3. The van der Waals surface area contributed by atoms with Gasteiger partial charge in [0.1, 0.15) is 11.5 Å². The van der Waals surface area contributed by atoms with Gasteiger partial charge in [0.15, 0.2) is 0 Å². The summed E-state index contributed by atoms with van der Waals surface area (Å²) >= 11 is 0.